The van der Waals surface area contributed by atoms with Crippen molar-refractivity contribution >= 4 is 12.4 Å². The Labute approximate surface area is 101 Å². The van der Waals surface area contributed by atoms with E-state index in [-0.39, 0.29) is 0 Å². The van der Waals surface area contributed by atoms with E-state index in [0.717, 1.165) is 12.8 Å². The molecule has 0 aromatic heterocycles. The lowest BCUT2D eigenvalue weighted by Crippen LogP contribution is -1.65. The van der Waals surface area contributed by atoms with Crippen LogP contribution in [0.2, 0.25) is 0 Å². The maximum atomic E-state index is 4.00. The van der Waals surface area contributed by atoms with Gasteiger partial charge in [-0.05, 0) is 40.5 Å². The van der Waals surface area contributed by atoms with E-state index in [2.05, 4.69) is 23.8 Å². The SMILES string of the molecule is CCC=NC=C(C)C.CCC=NC=C(C)C. The molecule has 0 bridgehead atoms. The Balaban J connectivity index is 0. The van der Waals surface area contributed by atoms with Gasteiger partial charge < -0.3 is 0 Å². The first-order chi connectivity index (χ1) is 7.54. The molecule has 0 aliphatic heterocycles. The van der Waals surface area contributed by atoms with E-state index in [1.165, 1.54) is 11.1 Å². The predicted octanol–water partition coefficient (Wildman–Crippen LogP) is 4.78. The van der Waals surface area contributed by atoms with Crippen LogP contribution in [0.3, 0.4) is 0 Å². The summed E-state index contributed by atoms with van der Waals surface area (Å²) < 4.78 is 0. The van der Waals surface area contributed by atoms with Gasteiger partial charge in [-0.25, -0.2) is 0 Å². The molecule has 0 amide bonds. The molecule has 0 aromatic carbocycles. The van der Waals surface area contributed by atoms with Crippen LogP contribution in [0.1, 0.15) is 54.4 Å². The molecule has 0 fully saturated rings. The number of aliphatic imine (C=N–C) groups is 2. The largest absolute Gasteiger partial charge is 0.269 e. The molecule has 16 heavy (non-hydrogen) atoms. The molecule has 2 heteroatoms. The second-order valence-corrected chi connectivity index (χ2v) is 3.89. The average Bonchev–Trinajstić information content (AvgIpc) is 2.18. The highest BCUT2D eigenvalue weighted by Crippen LogP contribution is 1.87. The van der Waals surface area contributed by atoms with Gasteiger partial charge in [0.2, 0.25) is 0 Å². The Morgan fingerprint density at radius 1 is 0.750 bits per heavy atom. The Hall–Kier alpha value is -1.18. The number of hydrogen-bond acceptors (Lipinski definition) is 2. The second-order valence-electron chi connectivity index (χ2n) is 3.89. The molecule has 2 nitrogen and oxygen atoms in total. The predicted molar refractivity (Wildman–Crippen MR) is 76.4 cm³/mol. The molecule has 0 aromatic rings. The van der Waals surface area contributed by atoms with Gasteiger partial charge in [0.05, 0.1) is 0 Å². The van der Waals surface area contributed by atoms with Crippen molar-refractivity contribution in [1.82, 2.24) is 0 Å². The van der Waals surface area contributed by atoms with Gasteiger partial charge in [0.25, 0.3) is 0 Å². The minimum atomic E-state index is 1.02. The summed E-state index contributed by atoms with van der Waals surface area (Å²) in [7, 11) is 0. The van der Waals surface area contributed by atoms with E-state index in [1.54, 1.807) is 0 Å². The zero-order valence-electron chi connectivity index (χ0n) is 11.6. The van der Waals surface area contributed by atoms with Crippen molar-refractivity contribution in [3.63, 3.8) is 0 Å². The van der Waals surface area contributed by atoms with Crippen molar-refractivity contribution in [2.75, 3.05) is 0 Å². The normalized spacial score (nSPS) is 9.88. The maximum Gasteiger partial charge on any atom is 0.0250 e. The third-order valence-corrected chi connectivity index (χ3v) is 1.24. The van der Waals surface area contributed by atoms with Gasteiger partial charge in [-0.1, -0.05) is 25.0 Å². The summed E-state index contributed by atoms with van der Waals surface area (Å²) in [6.07, 6.45) is 9.56. The Bertz CT molecular complexity index is 222. The van der Waals surface area contributed by atoms with Crippen molar-refractivity contribution in [2.45, 2.75) is 54.4 Å². The molecule has 0 N–H and O–H groups in total. The van der Waals surface area contributed by atoms with Gasteiger partial charge >= 0.3 is 0 Å². The van der Waals surface area contributed by atoms with Crippen LogP contribution >= 0.6 is 0 Å². The van der Waals surface area contributed by atoms with Crippen LogP contribution in [0.4, 0.5) is 0 Å². The summed E-state index contributed by atoms with van der Waals surface area (Å²) in [5, 5.41) is 0. The fraction of sp³-hybridized carbons (Fsp3) is 0.571. The molecule has 0 radical (unpaired) electrons. The second kappa shape index (κ2) is 13.8. The third-order valence-electron chi connectivity index (χ3n) is 1.24. The Morgan fingerprint density at radius 2 is 1.06 bits per heavy atom. The lowest BCUT2D eigenvalue weighted by atomic mass is 10.4. The topological polar surface area (TPSA) is 24.7 Å². The van der Waals surface area contributed by atoms with Crippen LogP contribution in [0.25, 0.3) is 0 Å². The van der Waals surface area contributed by atoms with E-state index in [4.69, 9.17) is 0 Å². The average molecular weight is 222 g/mol. The zero-order valence-corrected chi connectivity index (χ0v) is 11.6. The van der Waals surface area contributed by atoms with E-state index in [1.807, 2.05) is 52.5 Å². The van der Waals surface area contributed by atoms with Gasteiger partial charge in [0, 0.05) is 24.8 Å². The third kappa shape index (κ3) is 23.0. The summed E-state index contributed by atoms with van der Waals surface area (Å²) >= 11 is 0. The summed E-state index contributed by atoms with van der Waals surface area (Å²) in [5.41, 5.74) is 2.49. The molecule has 92 valence electrons. The maximum absolute atomic E-state index is 4.00. The van der Waals surface area contributed by atoms with E-state index < -0.39 is 0 Å². The number of hydrogen-bond donors (Lipinski definition) is 0. The van der Waals surface area contributed by atoms with Gasteiger partial charge in [-0.3, -0.25) is 9.98 Å². The smallest absolute Gasteiger partial charge is 0.0250 e. The van der Waals surface area contributed by atoms with Crippen molar-refractivity contribution in [1.29, 1.82) is 0 Å². The van der Waals surface area contributed by atoms with Crippen LogP contribution in [0, 0.1) is 0 Å². The van der Waals surface area contributed by atoms with Crippen LogP contribution in [-0.4, -0.2) is 12.4 Å². The van der Waals surface area contributed by atoms with Crippen LogP contribution in [0.5, 0.6) is 0 Å². The van der Waals surface area contributed by atoms with E-state index in [9.17, 15) is 0 Å². The minimum Gasteiger partial charge on any atom is -0.269 e. The van der Waals surface area contributed by atoms with Gasteiger partial charge in [-0.15, -0.1) is 0 Å². The fourth-order valence-corrected chi connectivity index (χ4v) is 0.614. The zero-order chi connectivity index (χ0) is 12.8. The van der Waals surface area contributed by atoms with Gasteiger partial charge in [0.1, 0.15) is 0 Å². The molecule has 0 saturated carbocycles. The molecule has 0 heterocycles. The van der Waals surface area contributed by atoms with E-state index >= 15 is 0 Å². The molecule has 0 spiro atoms. The molecule has 0 aliphatic carbocycles. The van der Waals surface area contributed by atoms with Crippen LogP contribution in [-0.2, 0) is 0 Å². The molecular weight excluding hydrogens is 196 g/mol. The van der Waals surface area contributed by atoms with Crippen molar-refractivity contribution in [2.24, 2.45) is 9.98 Å². The molecule has 0 rings (SSSR count). The van der Waals surface area contributed by atoms with Crippen LogP contribution < -0.4 is 0 Å². The Morgan fingerprint density at radius 3 is 1.25 bits per heavy atom. The van der Waals surface area contributed by atoms with Crippen molar-refractivity contribution < 1.29 is 0 Å². The van der Waals surface area contributed by atoms with E-state index in [0.29, 0.717) is 0 Å². The first-order valence-corrected chi connectivity index (χ1v) is 5.84. The minimum absolute atomic E-state index is 1.02. The summed E-state index contributed by atoms with van der Waals surface area (Å²) in [5.74, 6) is 0. The number of nitrogens with zero attached hydrogens (tertiary/aromatic N) is 2. The quantitative estimate of drug-likeness (QED) is 0.611. The first kappa shape index (κ1) is 17.2. The lowest BCUT2D eigenvalue weighted by Gasteiger charge is -1.80. The fourth-order valence-electron chi connectivity index (χ4n) is 0.614. The Kier molecular flexibility index (Phi) is 14.9. The lowest BCUT2D eigenvalue weighted by molar-refractivity contribution is 1.29. The summed E-state index contributed by atoms with van der Waals surface area (Å²) in [4.78, 5) is 8.00. The first-order valence-electron chi connectivity index (χ1n) is 5.84. The summed E-state index contributed by atoms with van der Waals surface area (Å²) in [6.45, 7) is 12.3. The van der Waals surface area contributed by atoms with Gasteiger partial charge in [0.15, 0.2) is 0 Å². The van der Waals surface area contributed by atoms with Crippen molar-refractivity contribution in [3.05, 3.63) is 23.5 Å². The summed E-state index contributed by atoms with van der Waals surface area (Å²) in [6, 6.07) is 0. The molecular formula is C14H26N2. The number of allylic oxidation sites excluding steroid dienone is 2. The van der Waals surface area contributed by atoms with Crippen LogP contribution in [0.15, 0.2) is 33.5 Å². The highest BCUT2D eigenvalue weighted by atomic mass is 14.7. The molecule has 0 atom stereocenters. The molecule has 0 aliphatic rings. The molecule has 0 saturated heterocycles. The van der Waals surface area contributed by atoms with Gasteiger partial charge in [-0.2, -0.15) is 0 Å². The highest BCUT2D eigenvalue weighted by Gasteiger charge is 1.69. The monoisotopic (exact) mass is 222 g/mol. The highest BCUT2D eigenvalue weighted by molar-refractivity contribution is 5.57. The molecule has 0 unspecified atom stereocenters. The standard InChI is InChI=1S/2C7H13N/c2*1-4-5-8-6-7(2)3/h2*5-6H,4H2,1-3H3. The van der Waals surface area contributed by atoms with Crippen molar-refractivity contribution in [3.8, 4) is 0 Å². The number of rotatable bonds is 4.